The van der Waals surface area contributed by atoms with Crippen LogP contribution in [0.3, 0.4) is 0 Å². The van der Waals surface area contributed by atoms with Crippen molar-refractivity contribution in [1.29, 1.82) is 0 Å². The Hall–Kier alpha value is -3.34. The number of hydrogen-bond donors (Lipinski definition) is 3. The summed E-state index contributed by atoms with van der Waals surface area (Å²) in [5.41, 5.74) is 9.46. The number of methoxy groups -OCH3 is 1. The summed E-state index contributed by atoms with van der Waals surface area (Å²) < 4.78 is 13.8. The van der Waals surface area contributed by atoms with Crippen LogP contribution in [0.15, 0.2) is 36.5 Å². The van der Waals surface area contributed by atoms with Crippen LogP contribution in [0.1, 0.15) is 10.5 Å². The van der Waals surface area contributed by atoms with Gasteiger partial charge in [-0.3, -0.25) is 14.5 Å². The summed E-state index contributed by atoms with van der Waals surface area (Å²) in [5, 5.41) is 12.2. The Morgan fingerprint density at radius 2 is 2.24 bits per heavy atom. The fourth-order valence-electron chi connectivity index (χ4n) is 3.80. The summed E-state index contributed by atoms with van der Waals surface area (Å²) in [7, 11) is 1.55. The summed E-state index contributed by atoms with van der Waals surface area (Å²) in [5.74, 6) is 0.279. The minimum absolute atomic E-state index is 0.202. The number of amides is 1. The van der Waals surface area contributed by atoms with E-state index in [4.69, 9.17) is 31.9 Å². The number of thiophene rings is 1. The van der Waals surface area contributed by atoms with E-state index in [1.54, 1.807) is 24.1 Å². The number of pyridine rings is 1. The molecule has 0 saturated heterocycles. The molecule has 0 spiro atoms. The largest absolute Gasteiger partial charge is 0.493 e. The molecule has 0 atom stereocenters. The second-order valence-electron chi connectivity index (χ2n) is 7.27. The molecule has 4 aromatic rings. The zero-order valence-electron chi connectivity index (χ0n) is 17.7. The molecule has 5 rings (SSSR count). The third-order valence-electron chi connectivity index (χ3n) is 5.21. The zero-order chi connectivity index (χ0) is 22.9. The number of benzene rings is 1. The summed E-state index contributed by atoms with van der Waals surface area (Å²) in [6.07, 6.45) is 1.72. The fourth-order valence-corrected chi connectivity index (χ4v) is 5.06. The van der Waals surface area contributed by atoms with E-state index < -0.39 is 0 Å². The van der Waals surface area contributed by atoms with E-state index in [-0.39, 0.29) is 5.91 Å². The molecular formula is C22H21ClN6O3S. The molecule has 1 aromatic carbocycles. The molecule has 170 valence electrons. The van der Waals surface area contributed by atoms with Crippen molar-refractivity contribution in [2.75, 3.05) is 32.1 Å². The van der Waals surface area contributed by atoms with Crippen molar-refractivity contribution in [1.82, 2.24) is 20.1 Å². The molecule has 33 heavy (non-hydrogen) atoms. The van der Waals surface area contributed by atoms with Crippen molar-refractivity contribution >= 4 is 50.4 Å². The van der Waals surface area contributed by atoms with Gasteiger partial charge in [-0.05, 0) is 18.2 Å². The predicted octanol–water partition coefficient (Wildman–Crippen LogP) is 3.65. The summed E-state index contributed by atoms with van der Waals surface area (Å²) in [4.78, 5) is 17.3. The highest BCUT2D eigenvalue weighted by Crippen LogP contribution is 2.43. The Kier molecular flexibility index (Phi) is 5.79. The number of fused-ring (bicyclic) bond motifs is 2. The molecule has 4 heterocycles. The molecule has 1 aliphatic heterocycles. The molecular weight excluding hydrogens is 464 g/mol. The normalized spacial score (nSPS) is 13.0. The Labute approximate surface area is 198 Å². The molecule has 0 aliphatic carbocycles. The van der Waals surface area contributed by atoms with Crippen LogP contribution >= 0.6 is 22.9 Å². The first-order chi connectivity index (χ1) is 16.1. The molecule has 0 saturated carbocycles. The van der Waals surface area contributed by atoms with Gasteiger partial charge in [0.2, 0.25) is 0 Å². The number of carbonyl (C=O) groups is 1. The van der Waals surface area contributed by atoms with Crippen LogP contribution in [0.25, 0.3) is 21.5 Å². The first-order valence-corrected chi connectivity index (χ1v) is 11.5. The minimum Gasteiger partial charge on any atom is -0.493 e. The monoisotopic (exact) mass is 484 g/mol. The van der Waals surface area contributed by atoms with E-state index in [1.807, 2.05) is 24.3 Å². The second-order valence-corrected chi connectivity index (χ2v) is 8.69. The number of para-hydroxylation sites is 1. The van der Waals surface area contributed by atoms with Gasteiger partial charge in [0, 0.05) is 30.9 Å². The first kappa shape index (κ1) is 21.5. The number of nitrogens with zero attached hydrogens (tertiary/aromatic N) is 3. The third-order valence-corrected chi connectivity index (χ3v) is 6.58. The number of halogens is 1. The van der Waals surface area contributed by atoms with Crippen molar-refractivity contribution in [3.63, 3.8) is 0 Å². The van der Waals surface area contributed by atoms with Crippen molar-refractivity contribution in [3.05, 3.63) is 47.2 Å². The van der Waals surface area contributed by atoms with E-state index in [0.717, 1.165) is 20.8 Å². The number of nitrogens with two attached hydrogens (primary N) is 1. The van der Waals surface area contributed by atoms with Crippen LogP contribution < -0.4 is 25.8 Å². The van der Waals surface area contributed by atoms with Gasteiger partial charge in [0.15, 0.2) is 10.8 Å². The quantitative estimate of drug-likeness (QED) is 0.366. The van der Waals surface area contributed by atoms with Gasteiger partial charge in [0.25, 0.3) is 5.91 Å². The Morgan fingerprint density at radius 1 is 1.36 bits per heavy atom. The number of carbonyl (C=O) groups excluding carboxylic acids is 1. The zero-order valence-corrected chi connectivity index (χ0v) is 19.3. The third kappa shape index (κ3) is 3.86. The molecule has 11 heteroatoms. The molecule has 0 fully saturated rings. The standard InChI is InChI=1S/C22H21ClN6O3S/c1-31-20-13(23)3-2-4-14(20)27-18-17(28-29-9-8-26-22(30)19(18)29)12-5-7-25-15-11-16(32-10-6-24)33-21(12)15/h2-5,7,11,27H,6,8-10,24H2,1H3,(H,26,30). The maximum Gasteiger partial charge on any atom is 0.271 e. The van der Waals surface area contributed by atoms with E-state index in [1.165, 1.54) is 11.3 Å². The maximum atomic E-state index is 12.8. The lowest BCUT2D eigenvalue weighted by atomic mass is 10.1. The molecule has 9 nitrogen and oxygen atoms in total. The topological polar surface area (TPSA) is 116 Å². The van der Waals surface area contributed by atoms with Crippen LogP contribution in [0.4, 0.5) is 11.4 Å². The number of rotatable bonds is 7. The highest BCUT2D eigenvalue weighted by Gasteiger charge is 2.29. The number of aromatic nitrogens is 3. The molecule has 3 aromatic heterocycles. The molecule has 0 radical (unpaired) electrons. The smallest absolute Gasteiger partial charge is 0.271 e. The predicted molar refractivity (Wildman–Crippen MR) is 129 cm³/mol. The summed E-state index contributed by atoms with van der Waals surface area (Å²) in [6.45, 7) is 1.91. The van der Waals surface area contributed by atoms with E-state index in [2.05, 4.69) is 15.6 Å². The van der Waals surface area contributed by atoms with E-state index >= 15 is 0 Å². The minimum atomic E-state index is -0.202. The van der Waals surface area contributed by atoms with Crippen molar-refractivity contribution < 1.29 is 14.3 Å². The Balaban J connectivity index is 1.69. The van der Waals surface area contributed by atoms with Gasteiger partial charge in [0.05, 0.1) is 40.3 Å². The van der Waals surface area contributed by atoms with E-state index in [0.29, 0.717) is 59.8 Å². The van der Waals surface area contributed by atoms with Crippen molar-refractivity contribution in [2.24, 2.45) is 5.73 Å². The average Bonchev–Trinajstić information content (AvgIpc) is 3.40. The van der Waals surface area contributed by atoms with Crippen molar-refractivity contribution in [3.8, 4) is 22.1 Å². The van der Waals surface area contributed by atoms with E-state index in [9.17, 15) is 4.79 Å². The van der Waals surface area contributed by atoms with Crippen LogP contribution in [-0.4, -0.2) is 47.5 Å². The Bertz CT molecular complexity index is 1350. The Morgan fingerprint density at radius 3 is 3.06 bits per heavy atom. The van der Waals surface area contributed by atoms with Crippen LogP contribution in [0.5, 0.6) is 10.8 Å². The van der Waals surface area contributed by atoms with Crippen LogP contribution in [0, 0.1) is 0 Å². The van der Waals surface area contributed by atoms with Gasteiger partial charge in [0.1, 0.15) is 18.0 Å². The number of nitrogens with one attached hydrogen (secondary N) is 2. The number of hydrogen-bond acceptors (Lipinski definition) is 8. The van der Waals surface area contributed by atoms with Gasteiger partial charge in [-0.2, -0.15) is 5.10 Å². The van der Waals surface area contributed by atoms with Gasteiger partial charge in [-0.1, -0.05) is 29.0 Å². The van der Waals surface area contributed by atoms with Gasteiger partial charge in [-0.15, -0.1) is 0 Å². The number of anilines is 2. The molecule has 0 unspecified atom stereocenters. The first-order valence-electron chi connectivity index (χ1n) is 10.3. The summed E-state index contributed by atoms with van der Waals surface area (Å²) >= 11 is 7.79. The van der Waals surface area contributed by atoms with Crippen molar-refractivity contribution in [2.45, 2.75) is 6.54 Å². The molecule has 1 aliphatic rings. The van der Waals surface area contributed by atoms with Crippen LogP contribution in [0.2, 0.25) is 5.02 Å². The summed E-state index contributed by atoms with van der Waals surface area (Å²) in [6, 6.07) is 9.17. The molecule has 1 amide bonds. The number of ether oxygens (including phenoxy) is 2. The lowest BCUT2D eigenvalue weighted by Gasteiger charge is -2.17. The van der Waals surface area contributed by atoms with Gasteiger partial charge < -0.3 is 25.8 Å². The lowest BCUT2D eigenvalue weighted by molar-refractivity contribution is 0.0925. The molecule has 0 bridgehead atoms. The van der Waals surface area contributed by atoms with Crippen LogP contribution in [-0.2, 0) is 6.54 Å². The maximum absolute atomic E-state index is 12.8. The van der Waals surface area contributed by atoms with Gasteiger partial charge in [-0.25, -0.2) is 0 Å². The second kappa shape index (κ2) is 8.89. The molecule has 4 N–H and O–H groups in total. The fraction of sp³-hybridized carbons (Fsp3) is 0.227. The lowest BCUT2D eigenvalue weighted by Crippen LogP contribution is -2.35. The van der Waals surface area contributed by atoms with Gasteiger partial charge >= 0.3 is 0 Å². The SMILES string of the molecule is COc1c(Cl)cccc1Nc1c(-c2ccnc3cc(OCCN)sc23)nn2c1C(=O)NCC2. The average molecular weight is 485 g/mol. The highest BCUT2D eigenvalue weighted by molar-refractivity contribution is 7.21. The highest BCUT2D eigenvalue weighted by atomic mass is 35.5.